The third-order valence-electron chi connectivity index (χ3n) is 4.79. The van der Waals surface area contributed by atoms with Crippen LogP contribution in [0.2, 0.25) is 0 Å². The van der Waals surface area contributed by atoms with Crippen LogP contribution in [-0.4, -0.2) is 23.5 Å². The lowest BCUT2D eigenvalue weighted by Gasteiger charge is -2.17. The molecule has 1 aromatic carbocycles. The molecule has 3 aromatic rings. The number of carbonyl (C=O) groups excluding carboxylic acids is 2. The van der Waals surface area contributed by atoms with Crippen LogP contribution in [-0.2, 0) is 22.4 Å². The number of esters is 1. The average Bonchev–Trinajstić information content (AvgIpc) is 3.29. The van der Waals surface area contributed by atoms with Gasteiger partial charge in [0.2, 0.25) is 0 Å². The lowest BCUT2D eigenvalue weighted by molar-refractivity contribution is -0.119. The maximum absolute atomic E-state index is 12.3. The molecule has 1 N–H and O–H groups in total. The summed E-state index contributed by atoms with van der Waals surface area (Å²) in [5.74, 6) is -0.570. The van der Waals surface area contributed by atoms with Crippen molar-refractivity contribution in [3.63, 3.8) is 0 Å². The molecule has 1 aliphatic carbocycles. The quantitative estimate of drug-likeness (QED) is 0.676. The maximum Gasteiger partial charge on any atom is 0.340 e. The normalized spacial score (nSPS) is 15.6. The Morgan fingerprint density at radius 3 is 3.14 bits per heavy atom. The second kappa shape index (κ2) is 7.44. The van der Waals surface area contributed by atoms with Crippen molar-refractivity contribution in [3.05, 3.63) is 46.2 Å². The van der Waals surface area contributed by atoms with Crippen molar-refractivity contribution in [2.24, 2.45) is 5.92 Å². The van der Waals surface area contributed by atoms with E-state index in [0.717, 1.165) is 29.7 Å². The van der Waals surface area contributed by atoms with E-state index in [-0.39, 0.29) is 5.56 Å². The highest BCUT2D eigenvalue weighted by Crippen LogP contribution is 2.39. The Balaban J connectivity index is 1.43. The molecule has 1 amide bonds. The predicted molar refractivity (Wildman–Crippen MR) is 103 cm³/mol. The minimum atomic E-state index is -0.658. The lowest BCUT2D eigenvalue weighted by Crippen LogP contribution is -2.21. The number of benzene rings is 1. The molecule has 1 aliphatic rings. The lowest BCUT2D eigenvalue weighted by atomic mass is 9.89. The zero-order valence-electron chi connectivity index (χ0n) is 15.2. The summed E-state index contributed by atoms with van der Waals surface area (Å²) < 4.78 is 10.3. The van der Waals surface area contributed by atoms with E-state index >= 15 is 0 Å². The van der Waals surface area contributed by atoms with Gasteiger partial charge in [-0.3, -0.25) is 4.79 Å². The molecule has 142 valence electrons. The molecule has 0 spiro atoms. The van der Waals surface area contributed by atoms with E-state index < -0.39 is 18.5 Å². The fraction of sp³-hybridized carbons (Fsp3) is 0.300. The Kier molecular flexibility index (Phi) is 4.84. The number of para-hydroxylation sites is 1. The smallest absolute Gasteiger partial charge is 0.340 e. The van der Waals surface area contributed by atoms with E-state index in [2.05, 4.69) is 23.3 Å². The van der Waals surface area contributed by atoms with Crippen molar-refractivity contribution in [2.45, 2.75) is 26.2 Å². The van der Waals surface area contributed by atoms with E-state index in [1.165, 1.54) is 17.7 Å². The fourth-order valence-electron chi connectivity index (χ4n) is 3.38. The summed E-state index contributed by atoms with van der Waals surface area (Å²) in [4.78, 5) is 29.7. The number of hydrogen-bond acceptors (Lipinski definition) is 7. The average molecular weight is 395 g/mol. The molecular formula is C20H17N3O4S. The highest BCUT2D eigenvalue weighted by atomic mass is 32.1. The summed E-state index contributed by atoms with van der Waals surface area (Å²) in [5, 5.41) is 12.7. The number of rotatable bonds is 4. The maximum atomic E-state index is 12.3. The number of hydrogen-bond donors (Lipinski definition) is 1. The van der Waals surface area contributed by atoms with Gasteiger partial charge in [-0.05, 0) is 42.9 Å². The van der Waals surface area contributed by atoms with Crippen molar-refractivity contribution >= 4 is 39.3 Å². The topological polar surface area (TPSA) is 105 Å². The molecule has 1 atom stereocenters. The van der Waals surface area contributed by atoms with Crippen LogP contribution in [0.25, 0.3) is 11.1 Å². The van der Waals surface area contributed by atoms with Gasteiger partial charge in [0, 0.05) is 4.88 Å². The molecular weight excluding hydrogens is 378 g/mol. The Morgan fingerprint density at radius 2 is 2.32 bits per heavy atom. The number of nitriles is 1. The van der Waals surface area contributed by atoms with Gasteiger partial charge in [0.25, 0.3) is 5.91 Å². The minimum Gasteiger partial charge on any atom is -0.452 e. The molecule has 0 fully saturated rings. The van der Waals surface area contributed by atoms with E-state index in [0.29, 0.717) is 27.6 Å². The zero-order valence-corrected chi connectivity index (χ0v) is 16.0. The summed E-state index contributed by atoms with van der Waals surface area (Å²) in [6, 6.07) is 7.11. The fourth-order valence-corrected chi connectivity index (χ4v) is 4.76. The van der Waals surface area contributed by atoms with E-state index in [1.54, 1.807) is 18.2 Å². The molecule has 2 aromatic heterocycles. The van der Waals surface area contributed by atoms with Gasteiger partial charge < -0.3 is 14.5 Å². The molecule has 4 rings (SSSR count). The number of nitrogens with one attached hydrogen (secondary N) is 1. The van der Waals surface area contributed by atoms with Crippen LogP contribution < -0.4 is 5.32 Å². The number of amides is 1. The predicted octanol–water partition coefficient (Wildman–Crippen LogP) is 3.68. The van der Waals surface area contributed by atoms with Crippen LogP contribution in [0.4, 0.5) is 5.00 Å². The Bertz CT molecular complexity index is 1110. The summed E-state index contributed by atoms with van der Waals surface area (Å²) >= 11 is 1.43. The summed E-state index contributed by atoms with van der Waals surface area (Å²) in [6.45, 7) is 1.73. The highest BCUT2D eigenvalue weighted by molar-refractivity contribution is 7.16. The number of thiophene rings is 1. The number of carbonyl (C=O) groups is 2. The molecule has 0 radical (unpaired) electrons. The van der Waals surface area contributed by atoms with Gasteiger partial charge in [0.15, 0.2) is 18.6 Å². The van der Waals surface area contributed by atoms with Crippen molar-refractivity contribution in [1.29, 1.82) is 5.26 Å². The second-order valence-electron chi connectivity index (χ2n) is 6.80. The van der Waals surface area contributed by atoms with Crippen LogP contribution in [0, 0.1) is 17.2 Å². The second-order valence-corrected chi connectivity index (χ2v) is 7.90. The van der Waals surface area contributed by atoms with Gasteiger partial charge in [-0.2, -0.15) is 5.26 Å². The van der Waals surface area contributed by atoms with Crippen LogP contribution >= 0.6 is 11.3 Å². The molecule has 0 saturated heterocycles. The Labute approximate surface area is 164 Å². The van der Waals surface area contributed by atoms with Crippen molar-refractivity contribution < 1.29 is 18.7 Å². The number of nitrogens with zero attached hydrogens (tertiary/aromatic N) is 2. The number of oxazole rings is 1. The first kappa shape index (κ1) is 18.2. The van der Waals surface area contributed by atoms with Crippen molar-refractivity contribution in [2.75, 3.05) is 11.9 Å². The van der Waals surface area contributed by atoms with E-state index in [4.69, 9.17) is 9.15 Å². The highest BCUT2D eigenvalue weighted by Gasteiger charge is 2.25. The summed E-state index contributed by atoms with van der Waals surface area (Å²) in [6.07, 6.45) is 4.05. The third-order valence-corrected chi connectivity index (χ3v) is 5.96. The largest absolute Gasteiger partial charge is 0.452 e. The number of fused-ring (bicyclic) bond motifs is 2. The van der Waals surface area contributed by atoms with Crippen LogP contribution in [0.15, 0.2) is 29.0 Å². The van der Waals surface area contributed by atoms with Gasteiger partial charge in [0.05, 0.1) is 11.1 Å². The molecule has 28 heavy (non-hydrogen) atoms. The molecule has 2 heterocycles. The van der Waals surface area contributed by atoms with Crippen molar-refractivity contribution in [3.8, 4) is 6.07 Å². The van der Waals surface area contributed by atoms with Gasteiger partial charge in [-0.15, -0.1) is 11.3 Å². The van der Waals surface area contributed by atoms with Gasteiger partial charge in [0.1, 0.15) is 16.6 Å². The summed E-state index contributed by atoms with van der Waals surface area (Å²) in [5.41, 5.74) is 2.66. The minimum absolute atomic E-state index is 0.234. The number of ether oxygens (including phenoxy) is 1. The molecule has 0 bridgehead atoms. The van der Waals surface area contributed by atoms with E-state index in [9.17, 15) is 14.9 Å². The Hall–Kier alpha value is -3.18. The third kappa shape index (κ3) is 3.37. The molecule has 0 aliphatic heterocycles. The number of anilines is 1. The van der Waals surface area contributed by atoms with Crippen LogP contribution in [0.1, 0.15) is 39.7 Å². The molecule has 1 unspecified atom stereocenters. The van der Waals surface area contributed by atoms with Gasteiger partial charge in [-0.25, -0.2) is 9.78 Å². The molecule has 8 heteroatoms. The summed E-state index contributed by atoms with van der Waals surface area (Å²) in [7, 11) is 0. The van der Waals surface area contributed by atoms with E-state index in [1.807, 2.05) is 0 Å². The SMILES string of the molecule is CC1CCc2c(sc(NC(=O)COC(=O)c3cccc4ocnc34)c2C#N)C1. The van der Waals surface area contributed by atoms with Gasteiger partial charge in [-0.1, -0.05) is 13.0 Å². The number of aromatic nitrogens is 1. The molecule has 0 saturated carbocycles. The first-order valence-electron chi connectivity index (χ1n) is 8.90. The molecule has 7 nitrogen and oxygen atoms in total. The van der Waals surface area contributed by atoms with Crippen LogP contribution in [0.3, 0.4) is 0 Å². The zero-order chi connectivity index (χ0) is 19.7. The first-order valence-corrected chi connectivity index (χ1v) is 9.72. The standard InChI is InChI=1S/C20H17N3O4S/c1-11-5-6-12-14(8-21)19(28-16(12)7-11)23-17(24)9-26-20(25)13-3-2-4-15-18(13)22-10-27-15/h2-4,10-11H,5-7,9H2,1H3,(H,23,24). The van der Waals surface area contributed by atoms with Gasteiger partial charge >= 0.3 is 5.97 Å². The first-order chi connectivity index (χ1) is 13.6. The Morgan fingerprint density at radius 1 is 1.46 bits per heavy atom. The van der Waals surface area contributed by atoms with Crippen molar-refractivity contribution in [1.82, 2.24) is 4.98 Å². The van der Waals surface area contributed by atoms with Crippen LogP contribution in [0.5, 0.6) is 0 Å². The monoisotopic (exact) mass is 395 g/mol.